The van der Waals surface area contributed by atoms with Crippen LogP contribution in [0.25, 0.3) is 21.5 Å². The van der Waals surface area contributed by atoms with E-state index in [2.05, 4.69) is 41.2 Å². The summed E-state index contributed by atoms with van der Waals surface area (Å²) >= 11 is 0. The second kappa shape index (κ2) is 17.1. The van der Waals surface area contributed by atoms with Gasteiger partial charge in [-0.2, -0.15) is 0 Å². The Labute approximate surface area is 330 Å². The van der Waals surface area contributed by atoms with Gasteiger partial charge in [0.15, 0.2) is 0 Å². The van der Waals surface area contributed by atoms with E-state index in [0.717, 1.165) is 40.1 Å². The van der Waals surface area contributed by atoms with Crippen LogP contribution in [0.2, 0.25) is 0 Å². The van der Waals surface area contributed by atoms with Crippen LogP contribution in [0.3, 0.4) is 0 Å². The molecule has 11 nitrogen and oxygen atoms in total. The third kappa shape index (κ3) is 9.11. The number of fused-ring (bicyclic) bond motifs is 2. The van der Waals surface area contributed by atoms with E-state index >= 15 is 0 Å². The topological polar surface area (TPSA) is 174 Å². The number of rotatable bonds is 9. The third-order valence-corrected chi connectivity index (χ3v) is 10.2. The molecule has 0 unspecified atom stereocenters. The van der Waals surface area contributed by atoms with Crippen molar-refractivity contribution in [1.82, 2.24) is 0 Å². The second-order valence-corrected chi connectivity index (χ2v) is 14.5. The molecule has 0 aliphatic rings. The minimum atomic E-state index is -0.640. The van der Waals surface area contributed by atoms with Crippen molar-refractivity contribution in [3.05, 3.63) is 124 Å². The van der Waals surface area contributed by atoms with E-state index in [1.54, 1.807) is 24.3 Å². The summed E-state index contributed by atoms with van der Waals surface area (Å²) < 4.78 is 0. The largest absolute Gasteiger partial charge is 0.506 e. The van der Waals surface area contributed by atoms with Crippen LogP contribution in [0.15, 0.2) is 118 Å². The average molecular weight is 784 g/mol. The average Bonchev–Trinajstić information content (AvgIpc) is 3.16. The van der Waals surface area contributed by atoms with Gasteiger partial charge in [-0.3, -0.25) is 10.1 Å². The maximum absolute atomic E-state index is 11.4. The first-order chi connectivity index (χ1) is 25.6. The molecule has 12 heteroatoms. The Hall–Kier alpha value is -5.84. The number of nitrogens with zero attached hydrogens (tertiary/aromatic N) is 5. The van der Waals surface area contributed by atoms with E-state index in [4.69, 9.17) is 0 Å². The minimum Gasteiger partial charge on any atom is -0.506 e. The molecule has 0 saturated carbocycles. The number of aromatic hydroxyl groups is 4. The fraction of sp³-hybridized carbons (Fsp3) is 0.256. The van der Waals surface area contributed by atoms with Gasteiger partial charge in [0.05, 0.1) is 4.92 Å². The molecule has 6 rings (SSSR count). The van der Waals surface area contributed by atoms with Crippen LogP contribution >= 0.6 is 0 Å². The van der Waals surface area contributed by atoms with Crippen molar-refractivity contribution in [3.63, 3.8) is 0 Å². The molecule has 0 bridgehead atoms. The van der Waals surface area contributed by atoms with Crippen LogP contribution in [0.4, 0.5) is 28.4 Å². The van der Waals surface area contributed by atoms with E-state index in [1.807, 2.05) is 88.4 Å². The Morgan fingerprint density at radius 2 is 1.02 bits per heavy atom. The Morgan fingerprint density at radius 3 is 1.45 bits per heavy atom. The summed E-state index contributed by atoms with van der Waals surface area (Å²) in [4.78, 5) is 10.7. The summed E-state index contributed by atoms with van der Waals surface area (Å²) in [5, 5.41) is 72.6. The third-order valence-electron chi connectivity index (χ3n) is 10.2. The number of nitro groups is 1. The number of azo groups is 2. The molecular formula is C43H45FeN5O6. The van der Waals surface area contributed by atoms with Crippen LogP contribution in [-0.2, 0) is 27.9 Å². The monoisotopic (exact) mass is 783 g/mol. The van der Waals surface area contributed by atoms with Gasteiger partial charge in [-0.1, -0.05) is 108 Å². The first kappa shape index (κ1) is 41.9. The number of hydrogen-bond acceptors (Lipinski definition) is 10. The number of phenolic OH excluding ortho intramolecular Hbond substituents is 4. The molecule has 0 aromatic heterocycles. The van der Waals surface area contributed by atoms with Gasteiger partial charge < -0.3 is 20.4 Å². The molecule has 6 aromatic rings. The molecule has 55 heavy (non-hydrogen) atoms. The number of nitro benzene ring substituents is 1. The summed E-state index contributed by atoms with van der Waals surface area (Å²) in [5.74, 6) is -0.441. The van der Waals surface area contributed by atoms with E-state index in [0.29, 0.717) is 22.3 Å². The van der Waals surface area contributed by atoms with Crippen molar-refractivity contribution in [1.29, 1.82) is 0 Å². The van der Waals surface area contributed by atoms with E-state index in [9.17, 15) is 30.5 Å². The zero-order valence-electron chi connectivity index (χ0n) is 31.8. The summed E-state index contributed by atoms with van der Waals surface area (Å²) in [5.41, 5.74) is 2.79. The molecule has 0 fully saturated rings. The minimum absolute atomic E-state index is 0. The summed E-state index contributed by atoms with van der Waals surface area (Å²) in [7, 11) is 0. The molecule has 0 saturated heterocycles. The Bertz CT molecular complexity index is 2430. The van der Waals surface area contributed by atoms with E-state index in [-0.39, 0.29) is 56.5 Å². The maximum atomic E-state index is 11.4. The van der Waals surface area contributed by atoms with Gasteiger partial charge in [-0.05, 0) is 82.3 Å². The fourth-order valence-electron chi connectivity index (χ4n) is 5.75. The molecule has 0 amide bonds. The van der Waals surface area contributed by atoms with Crippen molar-refractivity contribution in [2.24, 2.45) is 20.5 Å². The van der Waals surface area contributed by atoms with Gasteiger partial charge >= 0.3 is 5.69 Å². The first-order valence-corrected chi connectivity index (χ1v) is 17.7. The van der Waals surface area contributed by atoms with Crippen molar-refractivity contribution in [3.8, 4) is 23.0 Å². The van der Waals surface area contributed by atoms with Crippen molar-refractivity contribution < 1.29 is 42.4 Å². The van der Waals surface area contributed by atoms with Crippen LogP contribution in [-0.4, -0.2) is 25.3 Å². The molecule has 0 aliphatic carbocycles. The van der Waals surface area contributed by atoms with Crippen LogP contribution in [0.5, 0.6) is 23.0 Å². The molecule has 0 aliphatic heterocycles. The second-order valence-electron chi connectivity index (χ2n) is 14.5. The van der Waals surface area contributed by atoms with Gasteiger partial charge in [0, 0.05) is 33.9 Å². The summed E-state index contributed by atoms with van der Waals surface area (Å²) in [6.07, 6.45) is 1.72. The van der Waals surface area contributed by atoms with Crippen molar-refractivity contribution in [2.45, 2.75) is 72.1 Å². The molecule has 6 aromatic carbocycles. The van der Waals surface area contributed by atoms with Gasteiger partial charge in [0.2, 0.25) is 5.75 Å². The number of aryl methyl sites for hydroxylation is 1. The predicted octanol–water partition coefficient (Wildman–Crippen LogP) is 12.9. The molecular weight excluding hydrogens is 738 g/mol. The van der Waals surface area contributed by atoms with Gasteiger partial charge in [-0.15, -0.1) is 20.5 Å². The molecule has 0 atom stereocenters. The van der Waals surface area contributed by atoms with E-state index in [1.165, 1.54) is 12.1 Å². The maximum Gasteiger partial charge on any atom is 0.313 e. The summed E-state index contributed by atoms with van der Waals surface area (Å²) in [6.45, 7) is 14.2. The van der Waals surface area contributed by atoms with Gasteiger partial charge in [0.25, 0.3) is 0 Å². The standard InChI is InChI=1S/C22H24N2O2.C21H21N3O4.Fe/c1-5-22(3,4)16-12-14(2)21(26)18(13-16)23-24-20-17-9-7-6-8-15(17)10-11-19(20)25;1-4-21(2,3)14-11-16(20(26)17(12-14)24(27)28)22-23-19-15-8-6-5-7-13(15)9-10-18(19)25;/h6-13,25-26H,5H2,1-4H3;5-12,25-26H,4H2,1-3H3;. The van der Waals surface area contributed by atoms with Crippen LogP contribution in [0.1, 0.15) is 71.1 Å². The summed E-state index contributed by atoms with van der Waals surface area (Å²) in [6, 6.07) is 28.6. The number of hydrogen-bond donors (Lipinski definition) is 4. The van der Waals surface area contributed by atoms with Gasteiger partial charge in [0.1, 0.15) is 40.0 Å². The van der Waals surface area contributed by atoms with Crippen LogP contribution in [0, 0.1) is 17.0 Å². The molecule has 4 N–H and O–H groups in total. The molecule has 0 heterocycles. The fourth-order valence-corrected chi connectivity index (χ4v) is 5.75. The molecule has 0 spiro atoms. The zero-order chi connectivity index (χ0) is 39.4. The Morgan fingerprint density at radius 1 is 0.600 bits per heavy atom. The number of benzene rings is 6. The smallest absolute Gasteiger partial charge is 0.313 e. The SMILES string of the molecule is CCC(C)(C)c1cc(C)c(O)c(N=Nc2c(O)ccc3ccccc23)c1.CCC(C)(C)c1cc(N=Nc2c(O)ccc3ccccc23)c(O)c([N+](=O)[O-])c1.[Fe]. The normalized spacial score (nSPS) is 11.8. The predicted molar refractivity (Wildman–Crippen MR) is 214 cm³/mol. The molecule has 286 valence electrons. The molecule has 0 radical (unpaired) electrons. The van der Waals surface area contributed by atoms with E-state index < -0.39 is 16.4 Å². The van der Waals surface area contributed by atoms with Gasteiger partial charge in [-0.25, -0.2) is 0 Å². The van der Waals surface area contributed by atoms with Crippen molar-refractivity contribution >= 4 is 50.0 Å². The number of phenols is 4. The van der Waals surface area contributed by atoms with Crippen LogP contribution < -0.4 is 0 Å². The zero-order valence-corrected chi connectivity index (χ0v) is 33.0. The Balaban J connectivity index is 0.000000241. The quantitative estimate of drug-likeness (QED) is 0.0491. The first-order valence-electron chi connectivity index (χ1n) is 17.7. The van der Waals surface area contributed by atoms with Crippen molar-refractivity contribution in [2.75, 3.05) is 0 Å². The Kier molecular flexibility index (Phi) is 13.0.